The number of aromatic nitrogens is 2. The van der Waals surface area contributed by atoms with Gasteiger partial charge >= 0.3 is 5.97 Å². The summed E-state index contributed by atoms with van der Waals surface area (Å²) in [6.45, 7) is 1.72. The van der Waals surface area contributed by atoms with Crippen molar-refractivity contribution in [3.8, 4) is 0 Å². The topological polar surface area (TPSA) is 81.1 Å². The summed E-state index contributed by atoms with van der Waals surface area (Å²) in [4.78, 5) is 14.1. The lowest BCUT2D eigenvalue weighted by Crippen LogP contribution is -2.06. The van der Waals surface area contributed by atoms with Gasteiger partial charge in [-0.1, -0.05) is 0 Å². The third-order valence-electron chi connectivity index (χ3n) is 1.61. The molecule has 60 valence electrons. The number of hydrogen-bond acceptors (Lipinski definition) is 3. The molecule has 5 nitrogen and oxygen atoms in total. The molecule has 0 spiro atoms. The van der Waals surface area contributed by atoms with Crippen molar-refractivity contribution in [1.82, 2.24) is 9.55 Å². The van der Waals surface area contributed by atoms with E-state index in [0.29, 0.717) is 5.69 Å². The molecule has 0 amide bonds. The van der Waals surface area contributed by atoms with Crippen molar-refractivity contribution in [2.45, 2.75) is 6.92 Å². The van der Waals surface area contributed by atoms with Crippen LogP contribution >= 0.6 is 0 Å². The van der Waals surface area contributed by atoms with E-state index in [9.17, 15) is 4.79 Å². The van der Waals surface area contributed by atoms with Crippen LogP contribution in [0.3, 0.4) is 0 Å². The lowest BCUT2D eigenvalue weighted by atomic mass is 10.5. The summed E-state index contributed by atoms with van der Waals surface area (Å²) < 4.78 is 1.44. The smallest absolute Gasteiger partial charge is 0.372 e. The third-order valence-corrected chi connectivity index (χ3v) is 1.61. The molecule has 1 rings (SSSR count). The number of nitrogens with zero attached hydrogens (tertiary/aromatic N) is 2. The minimum absolute atomic E-state index is 0.0278. The molecule has 5 heteroatoms. The van der Waals surface area contributed by atoms with E-state index < -0.39 is 5.97 Å². The Labute approximate surface area is 63.5 Å². The predicted octanol–water partition coefficient (Wildman–Crippen LogP) is 0.00892. The van der Waals surface area contributed by atoms with Gasteiger partial charge in [-0.05, 0) is 6.92 Å². The Morgan fingerprint density at radius 3 is 2.45 bits per heavy atom. The summed E-state index contributed by atoms with van der Waals surface area (Å²) in [7, 11) is 1.61. The first-order chi connectivity index (χ1) is 5.04. The van der Waals surface area contributed by atoms with Gasteiger partial charge in [-0.2, -0.15) is 0 Å². The summed E-state index contributed by atoms with van der Waals surface area (Å²) in [5, 5.41) is 8.56. The lowest BCUT2D eigenvalue weighted by Gasteiger charge is -1.95. The maximum absolute atomic E-state index is 10.4. The number of carboxylic acid groups (broad SMARTS) is 1. The van der Waals surface area contributed by atoms with Crippen molar-refractivity contribution in [2.75, 3.05) is 5.73 Å². The molecule has 0 aliphatic rings. The fraction of sp³-hybridized carbons (Fsp3) is 0.333. The van der Waals surface area contributed by atoms with E-state index in [0.717, 1.165) is 0 Å². The van der Waals surface area contributed by atoms with Crippen LogP contribution in [-0.4, -0.2) is 20.6 Å². The Bertz CT molecular complexity index is 303. The van der Waals surface area contributed by atoms with Crippen molar-refractivity contribution >= 4 is 11.8 Å². The van der Waals surface area contributed by atoms with Gasteiger partial charge in [-0.3, -0.25) is 0 Å². The number of anilines is 1. The molecule has 3 N–H and O–H groups in total. The monoisotopic (exact) mass is 155 g/mol. The number of aromatic carboxylic acids is 1. The molecular formula is C6H9N3O2. The first-order valence-corrected chi connectivity index (χ1v) is 3.06. The first kappa shape index (κ1) is 7.59. The Balaban J connectivity index is 3.29. The van der Waals surface area contributed by atoms with Crippen LogP contribution < -0.4 is 5.73 Å². The predicted molar refractivity (Wildman–Crippen MR) is 39.3 cm³/mol. The molecule has 0 fully saturated rings. The zero-order valence-electron chi connectivity index (χ0n) is 6.33. The van der Waals surface area contributed by atoms with Gasteiger partial charge in [0, 0.05) is 7.05 Å². The number of rotatable bonds is 1. The molecule has 0 aliphatic heterocycles. The first-order valence-electron chi connectivity index (χ1n) is 3.06. The lowest BCUT2D eigenvalue weighted by molar-refractivity contribution is 0.0679. The fourth-order valence-electron chi connectivity index (χ4n) is 0.792. The highest BCUT2D eigenvalue weighted by atomic mass is 16.4. The summed E-state index contributed by atoms with van der Waals surface area (Å²) in [5.41, 5.74) is 6.05. The largest absolute Gasteiger partial charge is 0.475 e. The van der Waals surface area contributed by atoms with Gasteiger partial charge in [0.2, 0.25) is 5.82 Å². The van der Waals surface area contributed by atoms with Crippen LogP contribution in [0.4, 0.5) is 5.82 Å². The maximum Gasteiger partial charge on any atom is 0.372 e. The highest BCUT2D eigenvalue weighted by Crippen LogP contribution is 2.09. The number of carboxylic acids is 1. The van der Waals surface area contributed by atoms with Crippen LogP contribution in [0.5, 0.6) is 0 Å². The second-order valence-electron chi connectivity index (χ2n) is 2.27. The average molecular weight is 155 g/mol. The Hall–Kier alpha value is -1.52. The molecule has 0 atom stereocenters. The van der Waals surface area contributed by atoms with Crippen LogP contribution in [0.2, 0.25) is 0 Å². The molecule has 0 unspecified atom stereocenters. The van der Waals surface area contributed by atoms with Crippen LogP contribution in [0, 0.1) is 6.92 Å². The van der Waals surface area contributed by atoms with E-state index in [1.165, 1.54) is 4.57 Å². The average Bonchev–Trinajstić information content (AvgIpc) is 2.17. The summed E-state index contributed by atoms with van der Waals surface area (Å²) in [5.74, 6) is -0.822. The van der Waals surface area contributed by atoms with Crippen LogP contribution in [-0.2, 0) is 7.05 Å². The molecule has 1 aromatic heterocycles. The Kier molecular flexibility index (Phi) is 1.56. The van der Waals surface area contributed by atoms with E-state index in [1.807, 2.05) is 0 Å². The third kappa shape index (κ3) is 1.04. The Morgan fingerprint density at radius 1 is 1.73 bits per heavy atom. The van der Waals surface area contributed by atoms with Gasteiger partial charge in [-0.15, -0.1) is 0 Å². The normalized spacial score (nSPS) is 10.0. The molecule has 1 heterocycles. The van der Waals surface area contributed by atoms with E-state index in [2.05, 4.69) is 4.98 Å². The highest BCUT2D eigenvalue weighted by Gasteiger charge is 2.13. The summed E-state index contributed by atoms with van der Waals surface area (Å²) in [6.07, 6.45) is 0. The molecule has 0 aliphatic carbocycles. The SMILES string of the molecule is Cc1c(N)nc(C(=O)O)n1C. The van der Waals surface area contributed by atoms with Gasteiger partial charge in [0.25, 0.3) is 0 Å². The van der Waals surface area contributed by atoms with Crippen molar-refractivity contribution in [3.05, 3.63) is 11.5 Å². The minimum atomic E-state index is -1.06. The van der Waals surface area contributed by atoms with Crippen molar-refractivity contribution < 1.29 is 9.90 Å². The van der Waals surface area contributed by atoms with Gasteiger partial charge in [0.05, 0.1) is 5.69 Å². The van der Waals surface area contributed by atoms with Crippen LogP contribution in [0.25, 0.3) is 0 Å². The van der Waals surface area contributed by atoms with Crippen LogP contribution in [0.1, 0.15) is 16.3 Å². The van der Waals surface area contributed by atoms with E-state index in [4.69, 9.17) is 10.8 Å². The number of imidazole rings is 1. The van der Waals surface area contributed by atoms with E-state index >= 15 is 0 Å². The second kappa shape index (κ2) is 2.26. The molecule has 11 heavy (non-hydrogen) atoms. The van der Waals surface area contributed by atoms with Crippen molar-refractivity contribution in [1.29, 1.82) is 0 Å². The quantitative estimate of drug-likeness (QED) is 0.598. The molecule has 0 bridgehead atoms. The van der Waals surface area contributed by atoms with Gasteiger partial charge in [0.1, 0.15) is 5.82 Å². The molecule has 0 saturated carbocycles. The molecule has 0 aromatic carbocycles. The molecule has 1 aromatic rings. The number of hydrogen-bond donors (Lipinski definition) is 2. The van der Waals surface area contributed by atoms with E-state index in [1.54, 1.807) is 14.0 Å². The van der Waals surface area contributed by atoms with Crippen molar-refractivity contribution in [2.24, 2.45) is 7.05 Å². The van der Waals surface area contributed by atoms with Gasteiger partial charge in [-0.25, -0.2) is 9.78 Å². The van der Waals surface area contributed by atoms with Gasteiger partial charge in [0.15, 0.2) is 0 Å². The zero-order valence-corrected chi connectivity index (χ0v) is 6.33. The summed E-state index contributed by atoms with van der Waals surface area (Å²) in [6, 6.07) is 0. The number of nitrogens with two attached hydrogens (primary N) is 1. The van der Waals surface area contributed by atoms with Crippen LogP contribution in [0.15, 0.2) is 0 Å². The highest BCUT2D eigenvalue weighted by molar-refractivity contribution is 5.84. The van der Waals surface area contributed by atoms with Gasteiger partial charge < -0.3 is 15.4 Å². The zero-order chi connectivity index (χ0) is 8.59. The minimum Gasteiger partial charge on any atom is -0.475 e. The number of carbonyl (C=O) groups is 1. The molecule has 0 radical (unpaired) electrons. The van der Waals surface area contributed by atoms with Crippen molar-refractivity contribution in [3.63, 3.8) is 0 Å². The maximum atomic E-state index is 10.4. The number of nitrogen functional groups attached to an aromatic ring is 1. The summed E-state index contributed by atoms with van der Waals surface area (Å²) >= 11 is 0. The molecular weight excluding hydrogens is 146 g/mol. The fourth-order valence-corrected chi connectivity index (χ4v) is 0.792. The molecule has 0 saturated heterocycles. The van der Waals surface area contributed by atoms with E-state index in [-0.39, 0.29) is 11.6 Å². The second-order valence-corrected chi connectivity index (χ2v) is 2.27. The standard InChI is InChI=1S/C6H9N3O2/c1-3-4(7)8-5(6(10)11)9(3)2/h7H2,1-2H3,(H,10,11). The Morgan fingerprint density at radius 2 is 2.27 bits per heavy atom.